The molecule has 0 radical (unpaired) electrons. The quantitative estimate of drug-likeness (QED) is 0.897. The number of hydrogen-bond acceptors (Lipinski definition) is 2. The zero-order valence-corrected chi connectivity index (χ0v) is 14.2. The Bertz CT molecular complexity index is 560. The fourth-order valence-electron chi connectivity index (χ4n) is 4.08. The topological polar surface area (TPSA) is 52.6 Å². The molecule has 1 saturated carbocycles. The predicted octanol–water partition coefficient (Wildman–Crippen LogP) is 3.43. The van der Waals surface area contributed by atoms with Gasteiger partial charge in [0.2, 0.25) is 0 Å². The summed E-state index contributed by atoms with van der Waals surface area (Å²) >= 11 is 0. The Morgan fingerprint density at radius 1 is 1.22 bits per heavy atom. The smallest absolute Gasteiger partial charge is 0.317 e. The van der Waals surface area contributed by atoms with Crippen LogP contribution in [0.1, 0.15) is 62.1 Å². The van der Waals surface area contributed by atoms with E-state index in [1.807, 2.05) is 7.05 Å². The fraction of sp³-hybridized carbons (Fsp3) is 0.632. The minimum absolute atomic E-state index is 0.0292. The van der Waals surface area contributed by atoms with Crippen molar-refractivity contribution in [2.75, 3.05) is 13.6 Å². The van der Waals surface area contributed by atoms with Crippen molar-refractivity contribution < 1.29 is 9.90 Å². The molecular weight excluding hydrogens is 288 g/mol. The molecule has 0 heterocycles. The summed E-state index contributed by atoms with van der Waals surface area (Å²) in [4.78, 5) is 14.3. The SMILES string of the molecule is CC1CCC(NC(=O)N(C)CC2CCCC2O)c2ccccc21. The van der Waals surface area contributed by atoms with Gasteiger partial charge in [-0.1, -0.05) is 37.6 Å². The largest absolute Gasteiger partial charge is 0.393 e. The third-order valence-corrected chi connectivity index (χ3v) is 5.56. The molecule has 4 heteroatoms. The molecule has 126 valence electrons. The molecule has 2 aliphatic carbocycles. The number of amides is 2. The third-order valence-electron chi connectivity index (χ3n) is 5.56. The highest BCUT2D eigenvalue weighted by molar-refractivity contribution is 5.74. The average Bonchev–Trinajstić information content (AvgIpc) is 2.95. The number of urea groups is 1. The molecule has 4 unspecified atom stereocenters. The van der Waals surface area contributed by atoms with E-state index in [0.717, 1.165) is 32.1 Å². The van der Waals surface area contributed by atoms with Gasteiger partial charge >= 0.3 is 6.03 Å². The molecule has 2 amide bonds. The first-order valence-electron chi connectivity index (χ1n) is 8.84. The lowest BCUT2D eigenvalue weighted by molar-refractivity contribution is 0.113. The lowest BCUT2D eigenvalue weighted by Gasteiger charge is -2.32. The summed E-state index contributed by atoms with van der Waals surface area (Å²) in [7, 11) is 1.83. The summed E-state index contributed by atoms with van der Waals surface area (Å²) in [6.07, 6.45) is 4.80. The molecule has 0 aromatic heterocycles. The molecule has 0 aliphatic heterocycles. The van der Waals surface area contributed by atoms with Crippen molar-refractivity contribution in [2.45, 2.75) is 57.1 Å². The maximum absolute atomic E-state index is 12.5. The first-order valence-corrected chi connectivity index (χ1v) is 8.84. The highest BCUT2D eigenvalue weighted by Gasteiger charge is 2.29. The Balaban J connectivity index is 1.63. The summed E-state index contributed by atoms with van der Waals surface area (Å²) in [6, 6.07) is 8.51. The molecule has 1 aromatic rings. The molecule has 1 aromatic carbocycles. The van der Waals surface area contributed by atoms with Crippen LogP contribution in [0.3, 0.4) is 0 Å². The number of aliphatic hydroxyl groups is 1. The van der Waals surface area contributed by atoms with E-state index >= 15 is 0 Å². The van der Waals surface area contributed by atoms with Crippen LogP contribution in [-0.4, -0.2) is 35.7 Å². The van der Waals surface area contributed by atoms with E-state index in [0.29, 0.717) is 12.5 Å². The number of aliphatic hydroxyl groups excluding tert-OH is 1. The molecule has 4 atom stereocenters. The van der Waals surface area contributed by atoms with Crippen LogP contribution in [0.2, 0.25) is 0 Å². The third kappa shape index (κ3) is 3.52. The number of hydrogen-bond donors (Lipinski definition) is 2. The predicted molar refractivity (Wildman–Crippen MR) is 91.3 cm³/mol. The van der Waals surface area contributed by atoms with Gasteiger partial charge in [0.05, 0.1) is 12.1 Å². The Labute approximate surface area is 138 Å². The number of carbonyl (C=O) groups excluding carboxylic acids is 1. The second kappa shape index (κ2) is 6.91. The average molecular weight is 316 g/mol. The van der Waals surface area contributed by atoms with Crippen LogP contribution in [0.25, 0.3) is 0 Å². The van der Waals surface area contributed by atoms with E-state index in [4.69, 9.17) is 0 Å². The fourth-order valence-corrected chi connectivity index (χ4v) is 4.08. The van der Waals surface area contributed by atoms with E-state index in [2.05, 4.69) is 36.5 Å². The van der Waals surface area contributed by atoms with Gasteiger partial charge in [0, 0.05) is 19.5 Å². The monoisotopic (exact) mass is 316 g/mol. The van der Waals surface area contributed by atoms with Crippen LogP contribution in [-0.2, 0) is 0 Å². The standard InChI is InChI=1S/C19H28N2O2/c1-13-10-11-17(16-8-4-3-7-15(13)16)20-19(23)21(2)12-14-6-5-9-18(14)22/h3-4,7-8,13-14,17-18,22H,5-6,9-12H2,1-2H3,(H,20,23). The molecule has 3 rings (SSSR count). The molecule has 0 spiro atoms. The summed E-state index contributed by atoms with van der Waals surface area (Å²) in [5, 5.41) is 13.1. The zero-order valence-electron chi connectivity index (χ0n) is 14.2. The van der Waals surface area contributed by atoms with Gasteiger partial charge in [-0.2, -0.15) is 0 Å². The number of carbonyl (C=O) groups is 1. The molecule has 2 aliphatic rings. The highest BCUT2D eigenvalue weighted by atomic mass is 16.3. The van der Waals surface area contributed by atoms with Crippen molar-refractivity contribution in [1.82, 2.24) is 10.2 Å². The highest BCUT2D eigenvalue weighted by Crippen LogP contribution is 2.37. The van der Waals surface area contributed by atoms with Gasteiger partial charge in [-0.15, -0.1) is 0 Å². The molecule has 1 fully saturated rings. The van der Waals surface area contributed by atoms with E-state index in [9.17, 15) is 9.90 Å². The number of fused-ring (bicyclic) bond motifs is 1. The Hall–Kier alpha value is -1.55. The summed E-state index contributed by atoms with van der Waals surface area (Å²) < 4.78 is 0. The molecular formula is C19H28N2O2. The first kappa shape index (κ1) is 16.3. The van der Waals surface area contributed by atoms with Gasteiger partial charge in [-0.25, -0.2) is 4.79 Å². The minimum atomic E-state index is -0.249. The Kier molecular flexibility index (Phi) is 4.90. The normalized spacial score (nSPS) is 29.9. The van der Waals surface area contributed by atoms with Gasteiger partial charge < -0.3 is 15.3 Å². The molecule has 4 nitrogen and oxygen atoms in total. The maximum Gasteiger partial charge on any atom is 0.317 e. The van der Waals surface area contributed by atoms with Crippen LogP contribution in [0, 0.1) is 5.92 Å². The number of nitrogens with zero attached hydrogens (tertiary/aromatic N) is 1. The van der Waals surface area contributed by atoms with Gasteiger partial charge in [-0.05, 0) is 42.7 Å². The van der Waals surface area contributed by atoms with Gasteiger partial charge in [0.1, 0.15) is 0 Å². The number of rotatable bonds is 3. The van der Waals surface area contributed by atoms with Gasteiger partial charge in [0.15, 0.2) is 0 Å². The number of benzene rings is 1. The van der Waals surface area contributed by atoms with Crippen LogP contribution < -0.4 is 5.32 Å². The maximum atomic E-state index is 12.5. The summed E-state index contributed by atoms with van der Waals surface area (Å²) in [5.74, 6) is 0.787. The van der Waals surface area contributed by atoms with Crippen molar-refractivity contribution >= 4 is 6.03 Å². The first-order chi connectivity index (χ1) is 11.1. The Morgan fingerprint density at radius 2 is 1.96 bits per heavy atom. The van der Waals surface area contributed by atoms with Crippen LogP contribution in [0.5, 0.6) is 0 Å². The van der Waals surface area contributed by atoms with Crippen molar-refractivity contribution in [3.63, 3.8) is 0 Å². The molecule has 0 bridgehead atoms. The lowest BCUT2D eigenvalue weighted by atomic mass is 9.81. The van der Waals surface area contributed by atoms with Crippen molar-refractivity contribution in [1.29, 1.82) is 0 Å². The van der Waals surface area contributed by atoms with E-state index in [1.165, 1.54) is 11.1 Å². The zero-order chi connectivity index (χ0) is 16.4. The summed E-state index contributed by atoms with van der Waals surface area (Å²) in [5.41, 5.74) is 2.62. The van der Waals surface area contributed by atoms with Crippen LogP contribution in [0.4, 0.5) is 4.79 Å². The molecule has 2 N–H and O–H groups in total. The second-order valence-corrected chi connectivity index (χ2v) is 7.25. The molecule has 23 heavy (non-hydrogen) atoms. The Morgan fingerprint density at radius 3 is 2.65 bits per heavy atom. The van der Waals surface area contributed by atoms with Gasteiger partial charge in [0.25, 0.3) is 0 Å². The van der Waals surface area contributed by atoms with E-state index in [1.54, 1.807) is 4.90 Å². The van der Waals surface area contributed by atoms with E-state index < -0.39 is 0 Å². The summed E-state index contributed by atoms with van der Waals surface area (Å²) in [6.45, 7) is 2.89. The van der Waals surface area contributed by atoms with Crippen LogP contribution >= 0.6 is 0 Å². The minimum Gasteiger partial charge on any atom is -0.393 e. The van der Waals surface area contributed by atoms with Crippen molar-refractivity contribution in [3.8, 4) is 0 Å². The second-order valence-electron chi connectivity index (χ2n) is 7.25. The van der Waals surface area contributed by atoms with Crippen molar-refractivity contribution in [2.24, 2.45) is 5.92 Å². The van der Waals surface area contributed by atoms with Crippen molar-refractivity contribution in [3.05, 3.63) is 35.4 Å². The van der Waals surface area contributed by atoms with Crippen LogP contribution in [0.15, 0.2) is 24.3 Å². The molecule has 0 saturated heterocycles. The number of nitrogens with one attached hydrogen (secondary N) is 1. The van der Waals surface area contributed by atoms with Gasteiger partial charge in [-0.3, -0.25) is 0 Å². The lowest BCUT2D eigenvalue weighted by Crippen LogP contribution is -2.43. The van der Waals surface area contributed by atoms with E-state index in [-0.39, 0.29) is 24.1 Å².